The number of halogens is 2. The lowest BCUT2D eigenvalue weighted by atomic mass is 9.90. The first-order valence-electron chi connectivity index (χ1n) is 7.41. The third-order valence-corrected chi connectivity index (χ3v) is 4.27. The second-order valence-corrected chi connectivity index (χ2v) is 5.91. The molecular weight excluding hydrogens is 258 g/mol. The van der Waals surface area contributed by atoms with Crippen LogP contribution in [0.5, 0.6) is 0 Å². The summed E-state index contributed by atoms with van der Waals surface area (Å²) in [5.74, 6) is -0.290. The molecule has 0 saturated carbocycles. The molecule has 1 unspecified atom stereocenters. The highest BCUT2D eigenvalue weighted by molar-refractivity contribution is 5.18. The maximum Gasteiger partial charge on any atom is 0.126 e. The minimum Gasteiger partial charge on any atom is -0.314 e. The van der Waals surface area contributed by atoms with E-state index in [1.807, 2.05) is 0 Å². The molecule has 0 radical (unpaired) electrons. The summed E-state index contributed by atoms with van der Waals surface area (Å²) in [6.45, 7) is 5.29. The SMILES string of the molecule is CC(NCCc1cc(F)cc(F)c1)C1CCN(C)CC1. The van der Waals surface area contributed by atoms with E-state index in [2.05, 4.69) is 24.2 Å². The fourth-order valence-electron chi connectivity index (χ4n) is 2.89. The third-order valence-electron chi connectivity index (χ3n) is 4.27. The number of piperidine rings is 1. The van der Waals surface area contributed by atoms with Crippen LogP contribution in [0.3, 0.4) is 0 Å². The predicted octanol–water partition coefficient (Wildman–Crippen LogP) is 2.83. The standard InChI is InChI=1S/C16H24F2N2/c1-12(14-4-7-20(2)8-5-14)19-6-3-13-9-15(17)11-16(18)10-13/h9-12,14,19H,3-8H2,1-2H3. The molecular formula is C16H24F2N2. The average Bonchev–Trinajstić information content (AvgIpc) is 2.38. The Morgan fingerprint density at radius 2 is 1.80 bits per heavy atom. The Kier molecular flexibility index (Phi) is 5.49. The first-order valence-corrected chi connectivity index (χ1v) is 7.41. The Morgan fingerprint density at radius 3 is 2.40 bits per heavy atom. The molecule has 1 atom stereocenters. The van der Waals surface area contributed by atoms with Gasteiger partial charge in [0.1, 0.15) is 11.6 Å². The number of likely N-dealkylation sites (tertiary alicyclic amines) is 1. The van der Waals surface area contributed by atoms with Crippen molar-refractivity contribution >= 4 is 0 Å². The molecule has 1 fully saturated rings. The molecule has 0 aromatic heterocycles. The van der Waals surface area contributed by atoms with E-state index >= 15 is 0 Å². The van der Waals surface area contributed by atoms with Crippen LogP contribution < -0.4 is 5.32 Å². The van der Waals surface area contributed by atoms with Crippen molar-refractivity contribution in [3.63, 3.8) is 0 Å². The van der Waals surface area contributed by atoms with Gasteiger partial charge in [-0.1, -0.05) is 0 Å². The summed E-state index contributed by atoms with van der Waals surface area (Å²) in [5.41, 5.74) is 0.713. The normalized spacial score (nSPS) is 19.2. The topological polar surface area (TPSA) is 15.3 Å². The van der Waals surface area contributed by atoms with Crippen LogP contribution in [0, 0.1) is 17.6 Å². The zero-order chi connectivity index (χ0) is 14.5. The van der Waals surface area contributed by atoms with E-state index in [1.54, 1.807) is 0 Å². The molecule has 0 amide bonds. The number of nitrogens with one attached hydrogen (secondary N) is 1. The van der Waals surface area contributed by atoms with Gasteiger partial charge in [-0.15, -0.1) is 0 Å². The van der Waals surface area contributed by atoms with Crippen LogP contribution in [-0.2, 0) is 6.42 Å². The Balaban J connectivity index is 1.75. The molecule has 1 heterocycles. The molecule has 112 valence electrons. The summed E-state index contributed by atoms with van der Waals surface area (Å²) in [5, 5.41) is 3.49. The molecule has 0 bridgehead atoms. The van der Waals surface area contributed by atoms with Gasteiger partial charge in [-0.05, 0) is 76.5 Å². The number of benzene rings is 1. The zero-order valence-corrected chi connectivity index (χ0v) is 12.3. The molecule has 1 aliphatic heterocycles. The van der Waals surface area contributed by atoms with Crippen molar-refractivity contribution in [3.8, 4) is 0 Å². The molecule has 0 spiro atoms. The fourth-order valence-corrected chi connectivity index (χ4v) is 2.89. The smallest absolute Gasteiger partial charge is 0.126 e. The van der Waals surface area contributed by atoms with Crippen molar-refractivity contribution in [2.75, 3.05) is 26.7 Å². The van der Waals surface area contributed by atoms with Gasteiger partial charge in [0.15, 0.2) is 0 Å². The van der Waals surface area contributed by atoms with Crippen LogP contribution in [-0.4, -0.2) is 37.6 Å². The maximum absolute atomic E-state index is 13.1. The summed E-state index contributed by atoms with van der Waals surface area (Å²) < 4.78 is 26.2. The van der Waals surface area contributed by atoms with Crippen LogP contribution in [0.2, 0.25) is 0 Å². The monoisotopic (exact) mass is 282 g/mol. The van der Waals surface area contributed by atoms with E-state index in [9.17, 15) is 8.78 Å². The molecule has 4 heteroatoms. The van der Waals surface area contributed by atoms with E-state index in [1.165, 1.54) is 25.0 Å². The van der Waals surface area contributed by atoms with Gasteiger partial charge in [-0.25, -0.2) is 8.78 Å². The zero-order valence-electron chi connectivity index (χ0n) is 12.3. The predicted molar refractivity (Wildman–Crippen MR) is 77.7 cm³/mol. The Morgan fingerprint density at radius 1 is 1.20 bits per heavy atom. The van der Waals surface area contributed by atoms with Gasteiger partial charge in [-0.2, -0.15) is 0 Å². The Labute approximate surface area is 120 Å². The number of hydrogen-bond acceptors (Lipinski definition) is 2. The number of nitrogens with zero attached hydrogens (tertiary/aromatic N) is 1. The highest BCUT2D eigenvalue weighted by Crippen LogP contribution is 2.19. The minimum atomic E-state index is -0.497. The van der Waals surface area contributed by atoms with Gasteiger partial charge in [0, 0.05) is 12.1 Å². The largest absolute Gasteiger partial charge is 0.314 e. The van der Waals surface area contributed by atoms with E-state index in [0.717, 1.165) is 25.7 Å². The quantitative estimate of drug-likeness (QED) is 0.893. The lowest BCUT2D eigenvalue weighted by Gasteiger charge is -2.33. The van der Waals surface area contributed by atoms with Crippen molar-refractivity contribution in [1.29, 1.82) is 0 Å². The lowest BCUT2D eigenvalue weighted by molar-refractivity contribution is 0.190. The van der Waals surface area contributed by atoms with Crippen molar-refractivity contribution in [2.45, 2.75) is 32.2 Å². The second kappa shape index (κ2) is 7.14. The molecule has 1 aromatic rings. The van der Waals surface area contributed by atoms with Gasteiger partial charge in [0.2, 0.25) is 0 Å². The molecule has 1 saturated heterocycles. The van der Waals surface area contributed by atoms with Crippen molar-refractivity contribution in [3.05, 3.63) is 35.4 Å². The highest BCUT2D eigenvalue weighted by atomic mass is 19.1. The van der Waals surface area contributed by atoms with Gasteiger partial charge in [0.25, 0.3) is 0 Å². The summed E-state index contributed by atoms with van der Waals surface area (Å²) in [7, 11) is 2.16. The first-order chi connectivity index (χ1) is 9.54. The molecule has 1 aromatic carbocycles. The van der Waals surface area contributed by atoms with Crippen LogP contribution in [0.4, 0.5) is 8.78 Å². The minimum absolute atomic E-state index is 0.460. The molecule has 2 nitrogen and oxygen atoms in total. The van der Waals surface area contributed by atoms with Gasteiger partial charge in [-0.3, -0.25) is 0 Å². The molecule has 1 aliphatic rings. The summed E-state index contributed by atoms with van der Waals surface area (Å²) in [4.78, 5) is 2.36. The van der Waals surface area contributed by atoms with E-state index in [4.69, 9.17) is 0 Å². The Bertz CT molecular complexity index is 408. The molecule has 0 aliphatic carbocycles. The first kappa shape index (κ1) is 15.4. The van der Waals surface area contributed by atoms with Gasteiger partial charge >= 0.3 is 0 Å². The van der Waals surface area contributed by atoms with E-state index in [-0.39, 0.29) is 0 Å². The van der Waals surface area contributed by atoms with Crippen LogP contribution >= 0.6 is 0 Å². The third kappa shape index (κ3) is 4.53. The molecule has 20 heavy (non-hydrogen) atoms. The average molecular weight is 282 g/mol. The van der Waals surface area contributed by atoms with Crippen LogP contribution in [0.25, 0.3) is 0 Å². The highest BCUT2D eigenvalue weighted by Gasteiger charge is 2.21. The van der Waals surface area contributed by atoms with Gasteiger partial charge < -0.3 is 10.2 Å². The van der Waals surface area contributed by atoms with E-state index < -0.39 is 11.6 Å². The molecule has 2 rings (SSSR count). The lowest BCUT2D eigenvalue weighted by Crippen LogP contribution is -2.41. The maximum atomic E-state index is 13.1. The summed E-state index contributed by atoms with van der Waals surface area (Å²) >= 11 is 0. The fraction of sp³-hybridized carbons (Fsp3) is 0.625. The van der Waals surface area contributed by atoms with E-state index in [0.29, 0.717) is 23.9 Å². The second-order valence-electron chi connectivity index (χ2n) is 5.91. The number of rotatable bonds is 5. The summed E-state index contributed by atoms with van der Waals surface area (Å²) in [6.07, 6.45) is 3.10. The molecule has 1 N–H and O–H groups in total. The van der Waals surface area contributed by atoms with Crippen LogP contribution in [0.15, 0.2) is 18.2 Å². The van der Waals surface area contributed by atoms with Gasteiger partial charge in [0.05, 0.1) is 0 Å². The summed E-state index contributed by atoms with van der Waals surface area (Å²) in [6, 6.07) is 4.19. The van der Waals surface area contributed by atoms with Crippen molar-refractivity contribution in [1.82, 2.24) is 10.2 Å². The van der Waals surface area contributed by atoms with Crippen LogP contribution in [0.1, 0.15) is 25.3 Å². The van der Waals surface area contributed by atoms with Crippen molar-refractivity contribution < 1.29 is 8.78 Å². The Hall–Kier alpha value is -1.00. The number of hydrogen-bond donors (Lipinski definition) is 1. The van der Waals surface area contributed by atoms with Crippen molar-refractivity contribution in [2.24, 2.45) is 5.92 Å².